The lowest BCUT2D eigenvalue weighted by Crippen LogP contribution is -2.16. The van der Waals surface area contributed by atoms with E-state index in [1.807, 2.05) is 6.07 Å². The molecule has 1 aromatic rings. The van der Waals surface area contributed by atoms with E-state index < -0.39 is 0 Å². The molecule has 3 nitrogen and oxygen atoms in total. The topological polar surface area (TPSA) is 52.5 Å². The normalized spacial score (nSPS) is 26.6. The second-order valence-electron chi connectivity index (χ2n) is 3.95. The summed E-state index contributed by atoms with van der Waals surface area (Å²) >= 11 is 0. The minimum Gasteiger partial charge on any atom is -0.504 e. The molecule has 0 radical (unpaired) electrons. The summed E-state index contributed by atoms with van der Waals surface area (Å²) in [7, 11) is 0. The number of phenolic OH excluding ortho intramolecular Hbond substituents is 2. The molecule has 1 fully saturated rings. The van der Waals surface area contributed by atoms with Crippen LogP contribution in [0.5, 0.6) is 11.5 Å². The summed E-state index contributed by atoms with van der Waals surface area (Å²) < 4.78 is 0. The van der Waals surface area contributed by atoms with Gasteiger partial charge in [-0.05, 0) is 36.6 Å². The molecule has 0 bridgehead atoms. The average Bonchev–Trinajstić information content (AvgIpc) is 2.57. The van der Waals surface area contributed by atoms with E-state index >= 15 is 0 Å². The molecule has 0 unspecified atom stereocenters. The van der Waals surface area contributed by atoms with E-state index in [1.165, 1.54) is 6.07 Å². The van der Waals surface area contributed by atoms with Crippen LogP contribution in [0, 0.1) is 5.92 Å². The van der Waals surface area contributed by atoms with Crippen molar-refractivity contribution in [1.29, 1.82) is 0 Å². The van der Waals surface area contributed by atoms with E-state index in [1.54, 1.807) is 6.07 Å². The van der Waals surface area contributed by atoms with Crippen LogP contribution < -0.4 is 5.32 Å². The third-order valence-electron chi connectivity index (χ3n) is 2.89. The highest BCUT2D eigenvalue weighted by Crippen LogP contribution is 2.33. The second kappa shape index (κ2) is 3.50. The molecule has 1 aliphatic rings. The number of nitrogens with one attached hydrogen (secondary N) is 1. The number of benzene rings is 1. The molecular formula is C11H15NO2. The molecular weight excluding hydrogens is 178 g/mol. The zero-order valence-corrected chi connectivity index (χ0v) is 8.20. The fourth-order valence-corrected chi connectivity index (χ4v) is 2.01. The Kier molecular flexibility index (Phi) is 2.33. The van der Waals surface area contributed by atoms with Crippen molar-refractivity contribution in [1.82, 2.24) is 5.32 Å². The van der Waals surface area contributed by atoms with Crippen LogP contribution in [-0.4, -0.2) is 16.8 Å². The van der Waals surface area contributed by atoms with Gasteiger partial charge in [0.05, 0.1) is 0 Å². The summed E-state index contributed by atoms with van der Waals surface area (Å²) in [6, 6.07) is 5.34. The molecule has 1 heterocycles. The summed E-state index contributed by atoms with van der Waals surface area (Å²) in [6.45, 7) is 3.21. The van der Waals surface area contributed by atoms with Crippen LogP contribution in [0.2, 0.25) is 0 Å². The third kappa shape index (κ3) is 1.55. The van der Waals surface area contributed by atoms with Crippen molar-refractivity contribution in [3.8, 4) is 11.5 Å². The highest BCUT2D eigenvalue weighted by atomic mass is 16.3. The van der Waals surface area contributed by atoms with Gasteiger partial charge in [0.2, 0.25) is 0 Å². The summed E-state index contributed by atoms with van der Waals surface area (Å²) in [4.78, 5) is 0. The van der Waals surface area contributed by atoms with E-state index in [0.717, 1.165) is 18.5 Å². The Hall–Kier alpha value is -1.22. The van der Waals surface area contributed by atoms with Crippen LogP contribution >= 0.6 is 0 Å². The fraction of sp³-hybridized carbons (Fsp3) is 0.455. The third-order valence-corrected chi connectivity index (χ3v) is 2.89. The molecule has 1 saturated heterocycles. The molecule has 2 atom stereocenters. The molecule has 2 rings (SSSR count). The number of hydrogen-bond acceptors (Lipinski definition) is 3. The lowest BCUT2D eigenvalue weighted by Gasteiger charge is -2.16. The van der Waals surface area contributed by atoms with Gasteiger partial charge in [0.25, 0.3) is 0 Å². The summed E-state index contributed by atoms with van der Waals surface area (Å²) in [5.74, 6) is 0.488. The quantitative estimate of drug-likeness (QED) is 0.596. The lowest BCUT2D eigenvalue weighted by atomic mass is 9.96. The Morgan fingerprint density at radius 2 is 2.07 bits per heavy atom. The zero-order valence-electron chi connectivity index (χ0n) is 8.20. The Labute approximate surface area is 83.4 Å². The van der Waals surface area contributed by atoms with Gasteiger partial charge in [-0.3, -0.25) is 0 Å². The van der Waals surface area contributed by atoms with Gasteiger partial charge in [-0.1, -0.05) is 13.0 Å². The number of phenols is 2. The molecule has 0 amide bonds. The Morgan fingerprint density at radius 1 is 1.29 bits per heavy atom. The van der Waals surface area contributed by atoms with E-state index in [2.05, 4.69) is 12.2 Å². The Morgan fingerprint density at radius 3 is 2.64 bits per heavy atom. The minimum absolute atomic E-state index is 0.0385. The number of hydrogen-bond donors (Lipinski definition) is 3. The van der Waals surface area contributed by atoms with Crippen LogP contribution in [0.4, 0.5) is 0 Å². The number of aromatic hydroxyl groups is 2. The first kappa shape index (κ1) is 9.34. The second-order valence-corrected chi connectivity index (χ2v) is 3.95. The first-order chi connectivity index (χ1) is 6.68. The average molecular weight is 193 g/mol. The zero-order chi connectivity index (χ0) is 10.1. The van der Waals surface area contributed by atoms with E-state index in [4.69, 9.17) is 0 Å². The van der Waals surface area contributed by atoms with Crippen LogP contribution in [0.3, 0.4) is 0 Å². The van der Waals surface area contributed by atoms with Crippen LogP contribution in [-0.2, 0) is 0 Å². The molecule has 14 heavy (non-hydrogen) atoms. The summed E-state index contributed by atoms with van der Waals surface area (Å²) in [5.41, 5.74) is 1.05. The number of rotatable bonds is 1. The summed E-state index contributed by atoms with van der Waals surface area (Å²) in [5, 5.41) is 21.9. The van der Waals surface area contributed by atoms with Crippen molar-refractivity contribution in [2.45, 2.75) is 19.4 Å². The standard InChI is InChI=1S/C11H15NO2/c1-7-4-5-12-11(7)8-2-3-9(13)10(14)6-8/h2-3,6-7,11-14H,4-5H2,1H3/t7-,11-/m1/s1. The summed E-state index contributed by atoms with van der Waals surface area (Å²) in [6.07, 6.45) is 1.16. The van der Waals surface area contributed by atoms with Gasteiger partial charge in [-0.15, -0.1) is 0 Å². The molecule has 0 saturated carbocycles. The van der Waals surface area contributed by atoms with Crippen molar-refractivity contribution in [2.75, 3.05) is 6.54 Å². The van der Waals surface area contributed by atoms with Gasteiger partial charge >= 0.3 is 0 Å². The van der Waals surface area contributed by atoms with Gasteiger partial charge in [-0.25, -0.2) is 0 Å². The van der Waals surface area contributed by atoms with Gasteiger partial charge < -0.3 is 15.5 Å². The van der Waals surface area contributed by atoms with Crippen LogP contribution in [0.1, 0.15) is 24.9 Å². The molecule has 76 valence electrons. The maximum atomic E-state index is 9.37. The molecule has 1 aliphatic heterocycles. The van der Waals surface area contributed by atoms with Crippen LogP contribution in [0.15, 0.2) is 18.2 Å². The predicted molar refractivity (Wildman–Crippen MR) is 54.3 cm³/mol. The van der Waals surface area contributed by atoms with Gasteiger partial charge in [0, 0.05) is 6.04 Å². The van der Waals surface area contributed by atoms with Crippen molar-refractivity contribution in [2.24, 2.45) is 5.92 Å². The van der Waals surface area contributed by atoms with Gasteiger partial charge in [0.15, 0.2) is 11.5 Å². The fourth-order valence-electron chi connectivity index (χ4n) is 2.01. The van der Waals surface area contributed by atoms with Crippen LogP contribution in [0.25, 0.3) is 0 Å². The van der Waals surface area contributed by atoms with E-state index in [-0.39, 0.29) is 11.5 Å². The van der Waals surface area contributed by atoms with Crippen molar-refractivity contribution in [3.05, 3.63) is 23.8 Å². The van der Waals surface area contributed by atoms with E-state index in [9.17, 15) is 10.2 Å². The predicted octanol–water partition coefficient (Wildman–Crippen LogP) is 1.77. The molecule has 3 heteroatoms. The van der Waals surface area contributed by atoms with Crippen molar-refractivity contribution < 1.29 is 10.2 Å². The molecule has 0 aliphatic carbocycles. The maximum Gasteiger partial charge on any atom is 0.157 e. The van der Waals surface area contributed by atoms with E-state index in [0.29, 0.717) is 12.0 Å². The SMILES string of the molecule is C[C@@H]1CCN[C@H]1c1ccc(O)c(O)c1. The Bertz CT molecular complexity index is 338. The first-order valence-electron chi connectivity index (χ1n) is 4.94. The highest BCUT2D eigenvalue weighted by Gasteiger charge is 2.24. The monoisotopic (exact) mass is 193 g/mol. The lowest BCUT2D eigenvalue weighted by molar-refractivity contribution is 0.401. The maximum absolute atomic E-state index is 9.37. The highest BCUT2D eigenvalue weighted by molar-refractivity contribution is 5.41. The minimum atomic E-state index is -0.0561. The smallest absolute Gasteiger partial charge is 0.157 e. The van der Waals surface area contributed by atoms with Gasteiger partial charge in [0.1, 0.15) is 0 Å². The molecule has 0 spiro atoms. The van der Waals surface area contributed by atoms with Crippen molar-refractivity contribution in [3.63, 3.8) is 0 Å². The largest absolute Gasteiger partial charge is 0.504 e. The molecule has 3 N–H and O–H groups in total. The molecule has 1 aromatic carbocycles. The van der Waals surface area contributed by atoms with Crippen molar-refractivity contribution >= 4 is 0 Å². The molecule has 0 aromatic heterocycles. The van der Waals surface area contributed by atoms with Gasteiger partial charge in [-0.2, -0.15) is 0 Å². The first-order valence-corrected chi connectivity index (χ1v) is 4.94. The Balaban J connectivity index is 2.28.